The lowest BCUT2D eigenvalue weighted by atomic mass is 10.1. The molecule has 0 saturated carbocycles. The second-order valence-corrected chi connectivity index (χ2v) is 6.41. The summed E-state index contributed by atoms with van der Waals surface area (Å²) in [7, 11) is 5.30. The number of carbonyl (C=O) groups is 1. The number of anilines is 1. The Bertz CT molecular complexity index is 720. The van der Waals surface area contributed by atoms with E-state index in [1.807, 2.05) is 56.4 Å². The van der Waals surface area contributed by atoms with Crippen molar-refractivity contribution in [1.29, 1.82) is 0 Å². The number of hydrogen-bond acceptors (Lipinski definition) is 4. The molecule has 0 aliphatic heterocycles. The van der Waals surface area contributed by atoms with E-state index in [-0.39, 0.29) is 18.3 Å². The molecule has 1 N–H and O–H groups in total. The van der Waals surface area contributed by atoms with Gasteiger partial charge < -0.3 is 19.7 Å². The second-order valence-electron chi connectivity index (χ2n) is 6.41. The summed E-state index contributed by atoms with van der Waals surface area (Å²) in [5.41, 5.74) is 3.20. The number of hydrogen-bond donors (Lipinski definition) is 1. The molecule has 0 unspecified atom stereocenters. The number of nitrogens with zero attached hydrogens (tertiary/aromatic N) is 1. The average molecular weight is 393 g/mol. The summed E-state index contributed by atoms with van der Waals surface area (Å²) in [4.78, 5) is 14.2. The largest absolute Gasteiger partial charge is 0.493 e. The summed E-state index contributed by atoms with van der Waals surface area (Å²) < 4.78 is 10.6. The molecule has 148 valence electrons. The van der Waals surface area contributed by atoms with Crippen LogP contribution in [-0.4, -0.2) is 45.2 Å². The third kappa shape index (κ3) is 7.49. The Balaban J connectivity index is 0.00000364. The first kappa shape index (κ1) is 22.8. The van der Waals surface area contributed by atoms with Crippen LogP contribution in [0.25, 0.3) is 0 Å². The van der Waals surface area contributed by atoms with Gasteiger partial charge in [-0.3, -0.25) is 4.79 Å². The summed E-state index contributed by atoms with van der Waals surface area (Å²) in [5.74, 6) is 1.51. The van der Waals surface area contributed by atoms with Crippen molar-refractivity contribution >= 4 is 24.0 Å². The topological polar surface area (TPSA) is 50.8 Å². The lowest BCUT2D eigenvalue weighted by Crippen LogP contribution is -2.26. The first-order valence-corrected chi connectivity index (χ1v) is 8.78. The van der Waals surface area contributed by atoms with Crippen LogP contribution in [0, 0.1) is 6.92 Å². The molecule has 0 aliphatic carbocycles. The van der Waals surface area contributed by atoms with Crippen LogP contribution in [0.15, 0.2) is 42.5 Å². The van der Waals surface area contributed by atoms with Gasteiger partial charge in [0.15, 0.2) is 11.5 Å². The monoisotopic (exact) mass is 392 g/mol. The molecule has 6 heteroatoms. The third-order valence-electron chi connectivity index (χ3n) is 4.29. The van der Waals surface area contributed by atoms with Crippen molar-refractivity contribution in [2.24, 2.45) is 0 Å². The van der Waals surface area contributed by atoms with E-state index in [2.05, 4.69) is 10.2 Å². The van der Waals surface area contributed by atoms with E-state index >= 15 is 0 Å². The number of ether oxygens (including phenoxy) is 2. The van der Waals surface area contributed by atoms with Gasteiger partial charge in [-0.15, -0.1) is 12.4 Å². The van der Waals surface area contributed by atoms with Crippen molar-refractivity contribution in [3.05, 3.63) is 53.6 Å². The molecule has 0 fully saturated rings. The van der Waals surface area contributed by atoms with Gasteiger partial charge >= 0.3 is 0 Å². The van der Waals surface area contributed by atoms with Gasteiger partial charge in [-0.2, -0.15) is 0 Å². The molecular weight excluding hydrogens is 364 g/mol. The quantitative estimate of drug-likeness (QED) is 0.702. The fraction of sp³-hybridized carbons (Fsp3) is 0.381. The van der Waals surface area contributed by atoms with Crippen LogP contribution in [0.3, 0.4) is 0 Å². The Kier molecular flexibility index (Phi) is 9.68. The maximum absolute atomic E-state index is 12.1. The first-order valence-electron chi connectivity index (χ1n) is 8.78. The van der Waals surface area contributed by atoms with Crippen LogP contribution < -0.4 is 14.8 Å². The van der Waals surface area contributed by atoms with Gasteiger partial charge in [0.25, 0.3) is 0 Å². The number of carbonyl (C=O) groups excluding carboxylic acids is 1. The maximum Gasteiger partial charge on any atom is 0.225 e. The molecule has 0 radical (unpaired) electrons. The highest BCUT2D eigenvalue weighted by Gasteiger charge is 2.08. The summed E-state index contributed by atoms with van der Waals surface area (Å²) >= 11 is 0. The zero-order valence-electron chi connectivity index (χ0n) is 16.5. The smallest absolute Gasteiger partial charge is 0.225 e. The Morgan fingerprint density at radius 1 is 1.00 bits per heavy atom. The van der Waals surface area contributed by atoms with E-state index in [1.54, 1.807) is 14.2 Å². The van der Waals surface area contributed by atoms with Crippen LogP contribution in [0.4, 0.5) is 5.69 Å². The number of nitrogens with one attached hydrogen (secondary N) is 1. The minimum absolute atomic E-state index is 0. The number of benzene rings is 2. The molecular formula is C21H29ClN2O3. The third-order valence-corrected chi connectivity index (χ3v) is 4.29. The van der Waals surface area contributed by atoms with Gasteiger partial charge in [0, 0.05) is 25.2 Å². The van der Waals surface area contributed by atoms with Crippen LogP contribution in [0.5, 0.6) is 11.5 Å². The molecule has 2 aromatic carbocycles. The van der Waals surface area contributed by atoms with E-state index in [9.17, 15) is 4.79 Å². The minimum Gasteiger partial charge on any atom is -0.493 e. The molecule has 2 aromatic rings. The van der Waals surface area contributed by atoms with Crippen molar-refractivity contribution in [2.75, 3.05) is 39.7 Å². The fourth-order valence-electron chi connectivity index (χ4n) is 2.62. The highest BCUT2D eigenvalue weighted by atomic mass is 35.5. The summed E-state index contributed by atoms with van der Waals surface area (Å²) in [6, 6.07) is 13.8. The Morgan fingerprint density at radius 3 is 2.30 bits per heavy atom. The number of likely N-dealkylation sites (N-methyl/N-ethyl adjacent to an activating group) is 1. The first-order chi connectivity index (χ1) is 12.5. The Labute approximate surface area is 168 Å². The Morgan fingerprint density at radius 2 is 1.67 bits per heavy atom. The number of amides is 1. The zero-order valence-corrected chi connectivity index (χ0v) is 17.3. The molecule has 0 aliphatic rings. The lowest BCUT2D eigenvalue weighted by Gasteiger charge is -2.17. The van der Waals surface area contributed by atoms with E-state index < -0.39 is 0 Å². The number of aryl methyl sites for hydroxylation is 1. The number of halogens is 1. The van der Waals surface area contributed by atoms with Gasteiger partial charge in [0.2, 0.25) is 5.91 Å². The molecule has 0 saturated heterocycles. The molecule has 27 heavy (non-hydrogen) atoms. The van der Waals surface area contributed by atoms with Crippen molar-refractivity contribution in [3.8, 4) is 11.5 Å². The van der Waals surface area contributed by atoms with Crippen LogP contribution in [0.1, 0.15) is 17.5 Å². The van der Waals surface area contributed by atoms with Crippen LogP contribution in [-0.2, 0) is 11.2 Å². The van der Waals surface area contributed by atoms with Gasteiger partial charge in [0.05, 0.1) is 14.2 Å². The predicted octanol–water partition coefficient (Wildman–Crippen LogP) is 3.94. The molecule has 0 bridgehead atoms. The van der Waals surface area contributed by atoms with Crippen molar-refractivity contribution in [3.63, 3.8) is 0 Å². The van der Waals surface area contributed by atoms with Crippen molar-refractivity contribution in [1.82, 2.24) is 4.90 Å². The summed E-state index contributed by atoms with van der Waals surface area (Å²) in [5, 5.41) is 2.93. The molecule has 5 nitrogen and oxygen atoms in total. The van der Waals surface area contributed by atoms with E-state index in [0.29, 0.717) is 13.0 Å². The van der Waals surface area contributed by atoms with Gasteiger partial charge in [0.1, 0.15) is 0 Å². The number of rotatable bonds is 9. The highest BCUT2D eigenvalue weighted by molar-refractivity contribution is 5.90. The molecule has 1 amide bonds. The Hall–Kier alpha value is -2.24. The average Bonchev–Trinajstić information content (AvgIpc) is 2.66. The molecule has 2 rings (SSSR count). The van der Waals surface area contributed by atoms with E-state index in [0.717, 1.165) is 30.2 Å². The number of methoxy groups -OCH3 is 2. The fourth-order valence-corrected chi connectivity index (χ4v) is 2.62. The lowest BCUT2D eigenvalue weighted by molar-refractivity contribution is -0.116. The van der Waals surface area contributed by atoms with Crippen molar-refractivity contribution < 1.29 is 14.3 Å². The van der Waals surface area contributed by atoms with E-state index in [1.165, 1.54) is 11.1 Å². The van der Waals surface area contributed by atoms with Gasteiger partial charge in [-0.05, 0) is 50.2 Å². The highest BCUT2D eigenvalue weighted by Crippen LogP contribution is 2.27. The molecule has 0 heterocycles. The standard InChI is InChI=1S/C21H28N2O3.ClH/c1-16-5-8-18(9-6-16)22-21(24)12-14-23(2)13-11-17-7-10-19(25-3)20(15-17)26-4;/h5-10,15H,11-14H2,1-4H3,(H,22,24);1H. The zero-order chi connectivity index (χ0) is 18.9. The maximum atomic E-state index is 12.1. The molecule has 0 atom stereocenters. The van der Waals surface area contributed by atoms with Crippen LogP contribution >= 0.6 is 12.4 Å². The van der Waals surface area contributed by atoms with Gasteiger partial charge in [-0.1, -0.05) is 23.8 Å². The SMILES string of the molecule is COc1ccc(CCN(C)CCC(=O)Nc2ccc(C)cc2)cc1OC.Cl. The molecule has 0 aromatic heterocycles. The van der Waals surface area contributed by atoms with Crippen LogP contribution in [0.2, 0.25) is 0 Å². The van der Waals surface area contributed by atoms with Gasteiger partial charge in [-0.25, -0.2) is 0 Å². The molecule has 0 spiro atoms. The summed E-state index contributed by atoms with van der Waals surface area (Å²) in [6.07, 6.45) is 1.35. The summed E-state index contributed by atoms with van der Waals surface area (Å²) in [6.45, 7) is 3.61. The minimum atomic E-state index is 0. The van der Waals surface area contributed by atoms with E-state index in [4.69, 9.17) is 9.47 Å². The second kappa shape index (κ2) is 11.5. The van der Waals surface area contributed by atoms with Crippen molar-refractivity contribution in [2.45, 2.75) is 19.8 Å². The normalized spacial score (nSPS) is 10.3. The predicted molar refractivity (Wildman–Crippen MR) is 112 cm³/mol.